The van der Waals surface area contributed by atoms with Crippen LogP contribution < -0.4 is 5.32 Å². The van der Waals surface area contributed by atoms with Gasteiger partial charge in [0.1, 0.15) is 5.82 Å². The van der Waals surface area contributed by atoms with Crippen molar-refractivity contribution in [1.29, 1.82) is 0 Å². The summed E-state index contributed by atoms with van der Waals surface area (Å²) in [6.45, 7) is 1.74. The minimum atomic E-state index is -0.848. The van der Waals surface area contributed by atoms with E-state index >= 15 is 0 Å². The number of halogens is 1. The third-order valence-electron chi connectivity index (χ3n) is 4.59. The van der Waals surface area contributed by atoms with Crippen LogP contribution in [-0.2, 0) is 16.0 Å². The highest BCUT2D eigenvalue weighted by atomic mass is 19.1. The molecular formula is C18H24FNO3. The number of benzene rings is 1. The van der Waals surface area contributed by atoms with Crippen LogP contribution in [0.25, 0.3) is 0 Å². The number of carbonyl (C=O) groups is 2. The number of carbonyl (C=O) groups excluding carboxylic acids is 1. The van der Waals surface area contributed by atoms with Crippen LogP contribution in [0.3, 0.4) is 0 Å². The zero-order valence-electron chi connectivity index (χ0n) is 13.4. The van der Waals surface area contributed by atoms with Crippen molar-refractivity contribution in [3.8, 4) is 0 Å². The number of hydrogen-bond donors (Lipinski definition) is 2. The largest absolute Gasteiger partial charge is 0.481 e. The van der Waals surface area contributed by atoms with Crippen molar-refractivity contribution in [2.24, 2.45) is 11.8 Å². The summed E-state index contributed by atoms with van der Waals surface area (Å²) < 4.78 is 13.7. The predicted molar refractivity (Wildman–Crippen MR) is 85.4 cm³/mol. The van der Waals surface area contributed by atoms with Gasteiger partial charge in [-0.25, -0.2) is 4.39 Å². The molecule has 1 fully saturated rings. The van der Waals surface area contributed by atoms with Gasteiger partial charge in [0.15, 0.2) is 0 Å². The molecule has 1 unspecified atom stereocenters. The fraction of sp³-hybridized carbons (Fsp3) is 0.556. The molecule has 1 aromatic rings. The first-order chi connectivity index (χ1) is 11.0. The number of rotatable bonds is 5. The van der Waals surface area contributed by atoms with Crippen molar-refractivity contribution in [3.05, 3.63) is 35.6 Å². The molecule has 1 aromatic carbocycles. The molecule has 126 valence electrons. The molecule has 23 heavy (non-hydrogen) atoms. The first kappa shape index (κ1) is 17.4. The summed E-state index contributed by atoms with van der Waals surface area (Å²) in [6, 6.07) is 6.09. The summed E-state index contributed by atoms with van der Waals surface area (Å²) in [5, 5.41) is 12.2. The Kier molecular flexibility index (Phi) is 6.13. The molecule has 5 heteroatoms. The Labute approximate surface area is 136 Å². The van der Waals surface area contributed by atoms with Gasteiger partial charge >= 0.3 is 5.97 Å². The third-order valence-corrected chi connectivity index (χ3v) is 4.59. The molecule has 0 spiro atoms. The van der Waals surface area contributed by atoms with Crippen LogP contribution in [0.15, 0.2) is 24.3 Å². The maximum atomic E-state index is 13.7. The number of hydrogen-bond acceptors (Lipinski definition) is 2. The highest BCUT2D eigenvalue weighted by molar-refractivity contribution is 5.80. The standard InChI is InChI=1S/C18H24FNO3/c1-12(11-13-7-5-6-9-15(13)19)17(21)20-16-10-4-2-3-8-14(16)18(22)23/h5-7,9,12,14,16H,2-4,8,10-11H2,1H3,(H,20,21)(H,22,23)/t12?,14-,16+/m1/s1. The Morgan fingerprint density at radius 2 is 1.96 bits per heavy atom. The van der Waals surface area contributed by atoms with Crippen LogP contribution in [0, 0.1) is 17.7 Å². The molecule has 0 heterocycles. The van der Waals surface area contributed by atoms with Crippen LogP contribution in [-0.4, -0.2) is 23.0 Å². The lowest BCUT2D eigenvalue weighted by Gasteiger charge is -2.24. The zero-order valence-corrected chi connectivity index (χ0v) is 13.4. The summed E-state index contributed by atoms with van der Waals surface area (Å²) in [5.41, 5.74) is 0.505. The summed E-state index contributed by atoms with van der Waals surface area (Å²) in [5.74, 6) is -2.29. The molecule has 2 N–H and O–H groups in total. The van der Waals surface area contributed by atoms with E-state index in [9.17, 15) is 19.1 Å². The van der Waals surface area contributed by atoms with Gasteiger partial charge in [-0.05, 0) is 30.9 Å². The van der Waals surface area contributed by atoms with Crippen LogP contribution in [0.5, 0.6) is 0 Å². The molecule has 0 radical (unpaired) electrons. The van der Waals surface area contributed by atoms with E-state index in [1.54, 1.807) is 25.1 Å². The summed E-state index contributed by atoms with van der Waals surface area (Å²) in [7, 11) is 0. The average molecular weight is 321 g/mol. The Morgan fingerprint density at radius 3 is 2.65 bits per heavy atom. The smallest absolute Gasteiger partial charge is 0.308 e. The third kappa shape index (κ3) is 4.78. The Morgan fingerprint density at radius 1 is 1.26 bits per heavy atom. The van der Waals surface area contributed by atoms with Crippen LogP contribution in [0.2, 0.25) is 0 Å². The normalized spacial score (nSPS) is 22.9. The number of carboxylic acid groups (broad SMARTS) is 1. The molecule has 3 atom stereocenters. The van der Waals surface area contributed by atoms with Gasteiger partial charge in [0.2, 0.25) is 5.91 Å². The second-order valence-corrected chi connectivity index (χ2v) is 6.39. The van der Waals surface area contributed by atoms with Gasteiger partial charge in [0.25, 0.3) is 0 Å². The fourth-order valence-corrected chi connectivity index (χ4v) is 3.19. The van der Waals surface area contributed by atoms with Gasteiger partial charge in [-0.3, -0.25) is 9.59 Å². The van der Waals surface area contributed by atoms with E-state index in [1.807, 2.05) is 0 Å². The number of aliphatic carboxylic acids is 1. The highest BCUT2D eigenvalue weighted by Crippen LogP contribution is 2.24. The summed E-state index contributed by atoms with van der Waals surface area (Å²) in [4.78, 5) is 23.8. The molecule has 2 rings (SSSR count). The summed E-state index contributed by atoms with van der Waals surface area (Å²) in [6.07, 6.45) is 4.41. The van der Waals surface area contributed by atoms with Crippen molar-refractivity contribution in [2.45, 2.75) is 51.5 Å². The molecule has 0 aromatic heterocycles. The van der Waals surface area contributed by atoms with Crippen molar-refractivity contribution in [2.75, 3.05) is 0 Å². The lowest BCUT2D eigenvalue weighted by atomic mass is 9.93. The van der Waals surface area contributed by atoms with Crippen LogP contribution in [0.1, 0.15) is 44.6 Å². The predicted octanol–water partition coefficient (Wildman–Crippen LogP) is 3.15. The topological polar surface area (TPSA) is 66.4 Å². The molecule has 0 saturated heterocycles. The van der Waals surface area contributed by atoms with E-state index in [1.165, 1.54) is 6.07 Å². The molecule has 1 aliphatic rings. The SMILES string of the molecule is CC(Cc1ccccc1F)C(=O)N[C@H]1CCCCC[C@H]1C(=O)O. The number of nitrogens with one attached hydrogen (secondary N) is 1. The molecular weight excluding hydrogens is 297 g/mol. The number of amides is 1. The van der Waals surface area contributed by atoms with Gasteiger partial charge in [0.05, 0.1) is 5.92 Å². The molecule has 1 aliphatic carbocycles. The number of carboxylic acids is 1. The van der Waals surface area contributed by atoms with E-state index in [-0.39, 0.29) is 17.8 Å². The van der Waals surface area contributed by atoms with Crippen LogP contribution in [0.4, 0.5) is 4.39 Å². The van der Waals surface area contributed by atoms with Crippen LogP contribution >= 0.6 is 0 Å². The zero-order chi connectivity index (χ0) is 16.8. The van der Waals surface area contributed by atoms with Crippen molar-refractivity contribution >= 4 is 11.9 Å². The highest BCUT2D eigenvalue weighted by Gasteiger charge is 2.31. The van der Waals surface area contributed by atoms with E-state index in [0.29, 0.717) is 24.8 Å². The second kappa shape index (κ2) is 8.09. The van der Waals surface area contributed by atoms with E-state index in [0.717, 1.165) is 19.3 Å². The fourth-order valence-electron chi connectivity index (χ4n) is 3.19. The maximum absolute atomic E-state index is 13.7. The second-order valence-electron chi connectivity index (χ2n) is 6.39. The van der Waals surface area contributed by atoms with Gasteiger partial charge in [-0.1, -0.05) is 44.4 Å². The van der Waals surface area contributed by atoms with Gasteiger partial charge in [-0.15, -0.1) is 0 Å². The maximum Gasteiger partial charge on any atom is 0.308 e. The van der Waals surface area contributed by atoms with E-state index in [4.69, 9.17) is 0 Å². The Balaban J connectivity index is 1.98. The minimum absolute atomic E-state index is 0.202. The molecule has 0 aliphatic heterocycles. The minimum Gasteiger partial charge on any atom is -0.481 e. The lowest BCUT2D eigenvalue weighted by molar-refractivity contribution is -0.143. The molecule has 0 bridgehead atoms. The Bertz CT molecular complexity index is 561. The van der Waals surface area contributed by atoms with Crippen molar-refractivity contribution in [3.63, 3.8) is 0 Å². The van der Waals surface area contributed by atoms with Crippen molar-refractivity contribution < 1.29 is 19.1 Å². The quantitative estimate of drug-likeness (QED) is 0.819. The summed E-state index contributed by atoms with van der Waals surface area (Å²) >= 11 is 0. The average Bonchev–Trinajstić information content (AvgIpc) is 2.75. The Hall–Kier alpha value is -1.91. The molecule has 4 nitrogen and oxygen atoms in total. The van der Waals surface area contributed by atoms with E-state index in [2.05, 4.69) is 5.32 Å². The van der Waals surface area contributed by atoms with Gasteiger partial charge < -0.3 is 10.4 Å². The van der Waals surface area contributed by atoms with E-state index < -0.39 is 17.8 Å². The molecule has 1 saturated carbocycles. The van der Waals surface area contributed by atoms with Crippen molar-refractivity contribution in [1.82, 2.24) is 5.32 Å². The molecule has 1 amide bonds. The van der Waals surface area contributed by atoms with Gasteiger partial charge in [0, 0.05) is 12.0 Å². The van der Waals surface area contributed by atoms with Gasteiger partial charge in [-0.2, -0.15) is 0 Å². The first-order valence-corrected chi connectivity index (χ1v) is 8.25. The monoisotopic (exact) mass is 321 g/mol. The first-order valence-electron chi connectivity index (χ1n) is 8.25. The lowest BCUT2D eigenvalue weighted by Crippen LogP contribution is -2.45.